The lowest BCUT2D eigenvalue weighted by Gasteiger charge is -2.14. The van der Waals surface area contributed by atoms with Crippen LogP contribution in [0.4, 0.5) is 0 Å². The third-order valence-corrected chi connectivity index (χ3v) is 4.66. The molecule has 3 nitrogen and oxygen atoms in total. The van der Waals surface area contributed by atoms with E-state index in [4.69, 9.17) is 0 Å². The number of aromatic hydroxyl groups is 1. The van der Waals surface area contributed by atoms with Crippen molar-refractivity contribution in [1.82, 2.24) is 5.32 Å². The Morgan fingerprint density at radius 1 is 1.24 bits per heavy atom. The maximum atomic E-state index is 12.2. The van der Waals surface area contributed by atoms with Crippen LogP contribution in [0.25, 0.3) is 0 Å². The number of phenolic OH excluding ortho intramolecular Hbond substituents is 1. The van der Waals surface area contributed by atoms with Gasteiger partial charge in [-0.25, -0.2) is 0 Å². The summed E-state index contributed by atoms with van der Waals surface area (Å²) in [6, 6.07) is 13.2. The molecule has 21 heavy (non-hydrogen) atoms. The number of hydrogen-bond donors (Lipinski definition) is 2. The second-order valence-corrected chi connectivity index (χ2v) is 6.13. The van der Waals surface area contributed by atoms with Gasteiger partial charge in [-0.1, -0.05) is 46.3 Å². The molecule has 0 heterocycles. The topological polar surface area (TPSA) is 49.3 Å². The molecular weight excluding hydrogens is 330 g/mol. The van der Waals surface area contributed by atoms with Crippen LogP contribution in [0, 0.1) is 0 Å². The number of halogens is 1. The molecule has 0 aliphatic heterocycles. The highest BCUT2D eigenvalue weighted by molar-refractivity contribution is 9.10. The summed E-state index contributed by atoms with van der Waals surface area (Å²) in [4.78, 5) is 12.2. The molecule has 1 unspecified atom stereocenters. The Bertz CT molecular complexity index is 684. The maximum absolute atomic E-state index is 12.2. The van der Waals surface area contributed by atoms with Crippen LogP contribution in [0.5, 0.6) is 5.75 Å². The van der Waals surface area contributed by atoms with E-state index in [1.54, 1.807) is 6.07 Å². The van der Waals surface area contributed by atoms with Gasteiger partial charge in [0.25, 0.3) is 0 Å². The first kappa shape index (κ1) is 14.1. The number of carbonyl (C=O) groups is 1. The monoisotopic (exact) mass is 345 g/mol. The van der Waals surface area contributed by atoms with Crippen LogP contribution in [-0.4, -0.2) is 11.0 Å². The van der Waals surface area contributed by atoms with Crippen LogP contribution >= 0.6 is 15.9 Å². The molecule has 108 valence electrons. The average molecular weight is 346 g/mol. The van der Waals surface area contributed by atoms with Gasteiger partial charge in [-0.2, -0.15) is 0 Å². The lowest BCUT2D eigenvalue weighted by Crippen LogP contribution is -2.28. The Morgan fingerprint density at radius 2 is 2.05 bits per heavy atom. The highest BCUT2D eigenvalue weighted by atomic mass is 79.9. The van der Waals surface area contributed by atoms with Gasteiger partial charge in [-0.05, 0) is 41.7 Å². The predicted octanol–water partition coefficient (Wildman–Crippen LogP) is 3.50. The highest BCUT2D eigenvalue weighted by Crippen LogP contribution is 2.36. The molecule has 0 fully saturated rings. The molecule has 2 aromatic carbocycles. The SMILES string of the molecule is O=C(Cc1ccccc1Br)NC1CCc2c(O)cccc21. The zero-order valence-electron chi connectivity index (χ0n) is 11.5. The van der Waals surface area contributed by atoms with Crippen molar-refractivity contribution in [3.05, 3.63) is 63.6 Å². The third kappa shape index (κ3) is 2.95. The number of phenols is 1. The number of amides is 1. The van der Waals surface area contributed by atoms with Gasteiger partial charge in [0.05, 0.1) is 12.5 Å². The normalized spacial score (nSPS) is 16.5. The largest absolute Gasteiger partial charge is 0.508 e. The molecule has 2 N–H and O–H groups in total. The van der Waals surface area contributed by atoms with Crippen molar-refractivity contribution in [2.45, 2.75) is 25.3 Å². The summed E-state index contributed by atoms with van der Waals surface area (Å²) in [6.07, 6.45) is 2.00. The molecule has 1 aliphatic rings. The van der Waals surface area contributed by atoms with E-state index in [9.17, 15) is 9.90 Å². The summed E-state index contributed by atoms with van der Waals surface area (Å²) in [5, 5.41) is 12.9. The van der Waals surface area contributed by atoms with Crippen LogP contribution < -0.4 is 5.32 Å². The van der Waals surface area contributed by atoms with Crippen molar-refractivity contribution in [3.63, 3.8) is 0 Å². The second kappa shape index (κ2) is 5.90. The van der Waals surface area contributed by atoms with Crippen LogP contribution in [-0.2, 0) is 17.6 Å². The summed E-state index contributed by atoms with van der Waals surface area (Å²) in [5.41, 5.74) is 2.98. The first-order valence-electron chi connectivity index (χ1n) is 6.98. The second-order valence-electron chi connectivity index (χ2n) is 5.27. The minimum atomic E-state index is 0.00193. The molecule has 0 saturated carbocycles. The van der Waals surface area contributed by atoms with E-state index < -0.39 is 0 Å². The van der Waals surface area contributed by atoms with Gasteiger partial charge in [0.1, 0.15) is 5.75 Å². The van der Waals surface area contributed by atoms with Crippen molar-refractivity contribution in [2.24, 2.45) is 0 Å². The van der Waals surface area contributed by atoms with E-state index in [0.29, 0.717) is 12.2 Å². The van der Waals surface area contributed by atoms with Crippen molar-refractivity contribution in [2.75, 3.05) is 0 Å². The minimum Gasteiger partial charge on any atom is -0.508 e. The van der Waals surface area contributed by atoms with Crippen LogP contribution in [0.15, 0.2) is 46.9 Å². The smallest absolute Gasteiger partial charge is 0.224 e. The molecule has 1 aliphatic carbocycles. The number of hydrogen-bond acceptors (Lipinski definition) is 2. The molecule has 0 bridgehead atoms. The predicted molar refractivity (Wildman–Crippen MR) is 85.2 cm³/mol. The Hall–Kier alpha value is -1.81. The molecule has 1 atom stereocenters. The van der Waals surface area contributed by atoms with Crippen LogP contribution in [0.2, 0.25) is 0 Å². The van der Waals surface area contributed by atoms with E-state index in [0.717, 1.165) is 34.0 Å². The molecule has 0 radical (unpaired) electrons. The quantitative estimate of drug-likeness (QED) is 0.894. The fraction of sp³-hybridized carbons (Fsp3) is 0.235. The van der Waals surface area contributed by atoms with E-state index in [-0.39, 0.29) is 11.9 Å². The van der Waals surface area contributed by atoms with Crippen molar-refractivity contribution >= 4 is 21.8 Å². The van der Waals surface area contributed by atoms with Gasteiger partial charge in [-0.3, -0.25) is 4.79 Å². The van der Waals surface area contributed by atoms with E-state index in [2.05, 4.69) is 21.2 Å². The maximum Gasteiger partial charge on any atom is 0.224 e. The molecule has 4 heteroatoms. The summed E-state index contributed by atoms with van der Waals surface area (Å²) >= 11 is 3.46. The summed E-state index contributed by atoms with van der Waals surface area (Å²) in [5.74, 6) is 0.332. The van der Waals surface area contributed by atoms with Gasteiger partial charge in [0.2, 0.25) is 5.91 Å². The van der Waals surface area contributed by atoms with Crippen molar-refractivity contribution in [3.8, 4) is 5.75 Å². The molecule has 0 aromatic heterocycles. The van der Waals surface area contributed by atoms with Gasteiger partial charge >= 0.3 is 0 Å². The lowest BCUT2D eigenvalue weighted by atomic mass is 10.1. The molecule has 3 rings (SSSR count). The lowest BCUT2D eigenvalue weighted by molar-refractivity contribution is -0.121. The van der Waals surface area contributed by atoms with E-state index in [1.165, 1.54) is 0 Å². The summed E-state index contributed by atoms with van der Waals surface area (Å²) < 4.78 is 0.949. The number of rotatable bonds is 3. The van der Waals surface area contributed by atoms with Gasteiger partial charge in [0.15, 0.2) is 0 Å². The van der Waals surface area contributed by atoms with Crippen molar-refractivity contribution in [1.29, 1.82) is 0 Å². The molecule has 0 spiro atoms. The molecule has 0 saturated heterocycles. The van der Waals surface area contributed by atoms with Gasteiger partial charge < -0.3 is 10.4 Å². The fourth-order valence-electron chi connectivity index (χ4n) is 2.85. The first-order valence-corrected chi connectivity index (χ1v) is 7.78. The molecular formula is C17H16BrNO2. The Kier molecular flexibility index (Phi) is 3.97. The third-order valence-electron chi connectivity index (χ3n) is 3.89. The zero-order chi connectivity index (χ0) is 14.8. The number of fused-ring (bicyclic) bond motifs is 1. The fourth-order valence-corrected chi connectivity index (χ4v) is 3.27. The standard InChI is InChI=1S/C17H16BrNO2/c18-14-6-2-1-4-11(14)10-17(21)19-15-9-8-13-12(15)5-3-7-16(13)20/h1-7,15,20H,8-10H2,(H,19,21). The van der Waals surface area contributed by atoms with E-state index >= 15 is 0 Å². The van der Waals surface area contributed by atoms with Crippen LogP contribution in [0.3, 0.4) is 0 Å². The number of carbonyl (C=O) groups excluding carboxylic acids is 1. The number of nitrogens with one attached hydrogen (secondary N) is 1. The van der Waals surface area contributed by atoms with Crippen molar-refractivity contribution < 1.29 is 9.90 Å². The summed E-state index contributed by atoms with van der Waals surface area (Å²) in [7, 11) is 0. The van der Waals surface area contributed by atoms with E-state index in [1.807, 2.05) is 36.4 Å². The van der Waals surface area contributed by atoms with Gasteiger partial charge in [0, 0.05) is 4.47 Å². The molecule has 1 amide bonds. The zero-order valence-corrected chi connectivity index (χ0v) is 13.1. The minimum absolute atomic E-state index is 0.00193. The van der Waals surface area contributed by atoms with Crippen LogP contribution in [0.1, 0.15) is 29.2 Å². The Labute approximate surface area is 132 Å². The Morgan fingerprint density at radius 3 is 2.86 bits per heavy atom. The van der Waals surface area contributed by atoms with Gasteiger partial charge in [-0.15, -0.1) is 0 Å². The number of benzene rings is 2. The summed E-state index contributed by atoms with van der Waals surface area (Å²) in [6.45, 7) is 0. The first-order chi connectivity index (χ1) is 10.1. The average Bonchev–Trinajstić information content (AvgIpc) is 2.86. The highest BCUT2D eigenvalue weighted by Gasteiger charge is 2.25. The Balaban J connectivity index is 1.70. The molecule has 2 aromatic rings.